The van der Waals surface area contributed by atoms with Crippen molar-refractivity contribution in [2.75, 3.05) is 18.0 Å². The first kappa shape index (κ1) is 17.4. The molecule has 6 nitrogen and oxygen atoms in total. The lowest BCUT2D eigenvalue weighted by Gasteiger charge is -2.31. The van der Waals surface area contributed by atoms with E-state index >= 15 is 0 Å². The van der Waals surface area contributed by atoms with Crippen molar-refractivity contribution in [3.63, 3.8) is 0 Å². The first-order chi connectivity index (χ1) is 13.2. The molecule has 1 unspecified atom stereocenters. The van der Waals surface area contributed by atoms with Crippen molar-refractivity contribution in [2.24, 2.45) is 0 Å². The van der Waals surface area contributed by atoms with Crippen molar-refractivity contribution in [3.8, 4) is 11.3 Å². The molecule has 1 aliphatic heterocycles. The summed E-state index contributed by atoms with van der Waals surface area (Å²) in [6.45, 7) is 2.14. The number of rotatable bonds is 5. The second kappa shape index (κ2) is 7.72. The molecule has 0 radical (unpaired) electrons. The van der Waals surface area contributed by atoms with Crippen LogP contribution in [-0.2, 0) is 6.54 Å². The van der Waals surface area contributed by atoms with Crippen LogP contribution in [0, 0.1) is 0 Å². The number of fused-ring (bicyclic) bond motifs is 1. The second-order valence-electron chi connectivity index (χ2n) is 6.72. The lowest BCUT2D eigenvalue weighted by atomic mass is 10.1. The van der Waals surface area contributed by atoms with Gasteiger partial charge in [0.15, 0.2) is 0 Å². The predicted octanol–water partition coefficient (Wildman–Crippen LogP) is 2.64. The van der Waals surface area contributed by atoms with Gasteiger partial charge in [0.2, 0.25) is 5.95 Å². The van der Waals surface area contributed by atoms with Crippen LogP contribution in [0.4, 0.5) is 5.95 Å². The highest BCUT2D eigenvalue weighted by molar-refractivity contribution is 5.59. The second-order valence-corrected chi connectivity index (χ2v) is 6.72. The van der Waals surface area contributed by atoms with E-state index in [4.69, 9.17) is 4.98 Å². The minimum Gasteiger partial charge on any atom is -0.388 e. The number of aliphatic hydroxyl groups excluding tert-OH is 1. The molecule has 0 amide bonds. The third-order valence-electron chi connectivity index (χ3n) is 4.91. The quantitative estimate of drug-likeness (QED) is 0.755. The van der Waals surface area contributed by atoms with Crippen LogP contribution in [0.2, 0.25) is 0 Å². The number of benzene rings is 1. The average molecular weight is 362 g/mol. The molecule has 4 rings (SSSR count). The fourth-order valence-electron chi connectivity index (χ4n) is 3.47. The number of hydrogen-bond donors (Lipinski definition) is 1. The van der Waals surface area contributed by atoms with Gasteiger partial charge in [-0.1, -0.05) is 30.3 Å². The highest BCUT2D eigenvalue weighted by atomic mass is 16.3. The molecule has 3 aromatic rings. The molecule has 3 heterocycles. The molecule has 6 heteroatoms. The van der Waals surface area contributed by atoms with Gasteiger partial charge in [-0.2, -0.15) is 0 Å². The van der Waals surface area contributed by atoms with Crippen molar-refractivity contribution in [1.29, 1.82) is 0 Å². The van der Waals surface area contributed by atoms with Gasteiger partial charge in [-0.15, -0.1) is 0 Å². The Morgan fingerprint density at radius 3 is 2.63 bits per heavy atom. The van der Waals surface area contributed by atoms with Gasteiger partial charge in [0, 0.05) is 43.7 Å². The normalized spacial score (nSPS) is 14.6. The number of pyridine rings is 1. The Hall–Kier alpha value is -2.99. The van der Waals surface area contributed by atoms with Crippen LogP contribution in [-0.4, -0.2) is 32.7 Å². The van der Waals surface area contributed by atoms with Crippen LogP contribution >= 0.6 is 0 Å². The standard InChI is InChI=1S/C21H22N4O2/c26-19(17-5-2-1-3-6-17)9-14-24-12-4-13-25-20(27)15-18(23-21(24)25)16-7-10-22-11-8-16/h1-3,5-8,10-11,15,19,26H,4,9,12-14H2. The van der Waals surface area contributed by atoms with Crippen molar-refractivity contribution in [1.82, 2.24) is 14.5 Å². The van der Waals surface area contributed by atoms with Gasteiger partial charge in [0.05, 0.1) is 11.8 Å². The molecule has 1 aliphatic rings. The highest BCUT2D eigenvalue weighted by Crippen LogP contribution is 2.23. The summed E-state index contributed by atoms with van der Waals surface area (Å²) < 4.78 is 1.73. The van der Waals surface area contributed by atoms with Crippen molar-refractivity contribution < 1.29 is 5.11 Å². The van der Waals surface area contributed by atoms with E-state index in [9.17, 15) is 9.90 Å². The topological polar surface area (TPSA) is 71.2 Å². The van der Waals surface area contributed by atoms with Gasteiger partial charge in [-0.25, -0.2) is 4.98 Å². The van der Waals surface area contributed by atoms with Gasteiger partial charge in [0.1, 0.15) is 0 Å². The van der Waals surface area contributed by atoms with E-state index in [0.717, 1.165) is 24.1 Å². The first-order valence-corrected chi connectivity index (χ1v) is 9.22. The highest BCUT2D eigenvalue weighted by Gasteiger charge is 2.21. The molecule has 0 spiro atoms. The van der Waals surface area contributed by atoms with Crippen LogP contribution in [0.15, 0.2) is 65.7 Å². The zero-order chi connectivity index (χ0) is 18.6. The minimum absolute atomic E-state index is 0.0416. The zero-order valence-electron chi connectivity index (χ0n) is 15.0. The molecule has 0 fully saturated rings. The molecule has 1 N–H and O–H groups in total. The number of hydrogen-bond acceptors (Lipinski definition) is 5. The molecule has 1 atom stereocenters. The van der Waals surface area contributed by atoms with E-state index < -0.39 is 6.10 Å². The SMILES string of the molecule is O=c1cc(-c2ccncc2)nc2n1CCCN2CCC(O)c1ccccc1. The Morgan fingerprint density at radius 2 is 1.85 bits per heavy atom. The molecule has 1 aromatic carbocycles. The van der Waals surface area contributed by atoms with Gasteiger partial charge < -0.3 is 10.0 Å². The Kier molecular flexibility index (Phi) is 4.98. The fraction of sp³-hybridized carbons (Fsp3) is 0.286. The van der Waals surface area contributed by atoms with Gasteiger partial charge in [-0.3, -0.25) is 14.3 Å². The lowest BCUT2D eigenvalue weighted by molar-refractivity contribution is 0.169. The molecule has 0 bridgehead atoms. The Bertz CT molecular complexity index is 957. The summed E-state index contributed by atoms with van der Waals surface area (Å²) in [6.07, 6.45) is 4.34. The Morgan fingerprint density at radius 1 is 1.07 bits per heavy atom. The molecule has 2 aromatic heterocycles. The average Bonchev–Trinajstić information content (AvgIpc) is 2.73. The summed E-state index contributed by atoms with van der Waals surface area (Å²) in [7, 11) is 0. The number of aliphatic hydroxyl groups is 1. The molecule has 0 saturated heterocycles. The Labute approximate surface area is 157 Å². The fourth-order valence-corrected chi connectivity index (χ4v) is 3.47. The van der Waals surface area contributed by atoms with Crippen molar-refractivity contribution in [2.45, 2.75) is 25.5 Å². The van der Waals surface area contributed by atoms with Crippen molar-refractivity contribution in [3.05, 3.63) is 76.8 Å². The van der Waals surface area contributed by atoms with E-state index in [0.29, 0.717) is 31.2 Å². The van der Waals surface area contributed by atoms with Gasteiger partial charge >= 0.3 is 0 Å². The summed E-state index contributed by atoms with van der Waals surface area (Å²) >= 11 is 0. The van der Waals surface area contributed by atoms with E-state index in [1.807, 2.05) is 42.5 Å². The zero-order valence-corrected chi connectivity index (χ0v) is 15.0. The Balaban J connectivity index is 1.58. The number of anilines is 1. The third kappa shape index (κ3) is 3.75. The van der Waals surface area contributed by atoms with Crippen molar-refractivity contribution >= 4 is 5.95 Å². The van der Waals surface area contributed by atoms with E-state index in [1.54, 1.807) is 23.0 Å². The van der Waals surface area contributed by atoms with Crippen LogP contribution in [0.25, 0.3) is 11.3 Å². The monoisotopic (exact) mass is 362 g/mol. The maximum absolute atomic E-state index is 12.6. The third-order valence-corrected chi connectivity index (χ3v) is 4.91. The number of nitrogens with zero attached hydrogens (tertiary/aromatic N) is 4. The van der Waals surface area contributed by atoms with E-state index in [1.165, 1.54) is 0 Å². The largest absolute Gasteiger partial charge is 0.388 e. The maximum Gasteiger partial charge on any atom is 0.255 e. The summed E-state index contributed by atoms with van der Waals surface area (Å²) in [5.41, 5.74) is 2.40. The first-order valence-electron chi connectivity index (χ1n) is 9.22. The van der Waals surface area contributed by atoms with E-state index in [2.05, 4.69) is 9.88 Å². The molecule has 0 aliphatic carbocycles. The van der Waals surface area contributed by atoms with E-state index in [-0.39, 0.29) is 5.56 Å². The molecule has 138 valence electrons. The van der Waals surface area contributed by atoms with Crippen LogP contribution in [0.5, 0.6) is 0 Å². The smallest absolute Gasteiger partial charge is 0.255 e. The van der Waals surface area contributed by atoms with Gasteiger partial charge in [0.25, 0.3) is 5.56 Å². The summed E-state index contributed by atoms with van der Waals surface area (Å²) in [4.78, 5) is 23.5. The van der Waals surface area contributed by atoms with Gasteiger partial charge in [-0.05, 0) is 30.5 Å². The van der Waals surface area contributed by atoms with Crippen LogP contribution in [0.3, 0.4) is 0 Å². The molecular weight excluding hydrogens is 340 g/mol. The minimum atomic E-state index is -0.531. The lowest BCUT2D eigenvalue weighted by Crippen LogP contribution is -2.39. The number of aromatic nitrogens is 3. The molecular formula is C21H22N4O2. The predicted molar refractivity (Wildman–Crippen MR) is 105 cm³/mol. The molecule has 0 saturated carbocycles. The van der Waals surface area contributed by atoms with Crippen LogP contribution < -0.4 is 10.5 Å². The summed E-state index contributed by atoms with van der Waals surface area (Å²) in [6, 6.07) is 14.9. The summed E-state index contributed by atoms with van der Waals surface area (Å²) in [5, 5.41) is 10.5. The summed E-state index contributed by atoms with van der Waals surface area (Å²) in [5.74, 6) is 0.681. The molecule has 27 heavy (non-hydrogen) atoms. The van der Waals surface area contributed by atoms with Crippen LogP contribution in [0.1, 0.15) is 24.5 Å². The maximum atomic E-state index is 12.6.